The molecule has 124 valence electrons. The van der Waals surface area contributed by atoms with Gasteiger partial charge in [0.1, 0.15) is 5.75 Å². The number of rotatable bonds is 2. The molecule has 3 heterocycles. The summed E-state index contributed by atoms with van der Waals surface area (Å²) in [6.07, 6.45) is 0.737. The summed E-state index contributed by atoms with van der Waals surface area (Å²) in [5, 5.41) is 9.22. The zero-order chi connectivity index (χ0) is 16.8. The summed E-state index contributed by atoms with van der Waals surface area (Å²) >= 11 is 1.75. The Morgan fingerprint density at radius 1 is 1.04 bits per heavy atom. The van der Waals surface area contributed by atoms with Crippen molar-refractivity contribution >= 4 is 17.0 Å². The van der Waals surface area contributed by atoms with Crippen molar-refractivity contribution in [1.82, 2.24) is 5.01 Å². The van der Waals surface area contributed by atoms with Gasteiger partial charge in [0.2, 0.25) is 6.23 Å². The number of benzene rings is 2. The third-order valence-electron chi connectivity index (χ3n) is 4.87. The van der Waals surface area contributed by atoms with Gasteiger partial charge in [-0.15, -0.1) is 11.3 Å². The van der Waals surface area contributed by atoms with Crippen LogP contribution >= 0.6 is 11.3 Å². The molecule has 0 fully saturated rings. The molecule has 0 bridgehead atoms. The van der Waals surface area contributed by atoms with Crippen LogP contribution in [-0.4, -0.2) is 10.7 Å². The van der Waals surface area contributed by atoms with Crippen molar-refractivity contribution in [3.05, 3.63) is 87.6 Å². The molecule has 3 nitrogen and oxygen atoms in total. The van der Waals surface area contributed by atoms with Crippen LogP contribution in [0.5, 0.6) is 5.75 Å². The van der Waals surface area contributed by atoms with E-state index in [0.717, 1.165) is 23.4 Å². The van der Waals surface area contributed by atoms with Gasteiger partial charge in [-0.05, 0) is 24.4 Å². The fourth-order valence-electron chi connectivity index (χ4n) is 3.58. The first-order valence-corrected chi connectivity index (χ1v) is 9.39. The average Bonchev–Trinajstić information content (AvgIpc) is 3.31. The van der Waals surface area contributed by atoms with E-state index >= 15 is 0 Å². The second-order valence-electron chi connectivity index (χ2n) is 6.54. The summed E-state index contributed by atoms with van der Waals surface area (Å²) in [6, 6.07) is 21.4. The van der Waals surface area contributed by atoms with Gasteiger partial charge < -0.3 is 4.74 Å². The van der Waals surface area contributed by atoms with Gasteiger partial charge in [-0.2, -0.15) is 5.10 Å². The average molecular weight is 346 g/mol. The highest BCUT2D eigenvalue weighted by Crippen LogP contribution is 2.47. The van der Waals surface area contributed by atoms with Crippen molar-refractivity contribution in [3.8, 4) is 5.75 Å². The van der Waals surface area contributed by atoms with E-state index < -0.39 is 0 Å². The van der Waals surface area contributed by atoms with E-state index in [0.29, 0.717) is 0 Å². The van der Waals surface area contributed by atoms with Crippen molar-refractivity contribution in [3.63, 3.8) is 0 Å². The topological polar surface area (TPSA) is 24.8 Å². The molecule has 2 aliphatic heterocycles. The molecular weight excluding hydrogens is 328 g/mol. The first kappa shape index (κ1) is 14.7. The van der Waals surface area contributed by atoms with Gasteiger partial charge in [-0.1, -0.05) is 54.1 Å². The lowest BCUT2D eigenvalue weighted by atomic mass is 9.97. The van der Waals surface area contributed by atoms with Crippen molar-refractivity contribution < 1.29 is 4.74 Å². The van der Waals surface area contributed by atoms with Crippen LogP contribution in [0.25, 0.3) is 0 Å². The van der Waals surface area contributed by atoms with Crippen LogP contribution in [0.4, 0.5) is 0 Å². The van der Waals surface area contributed by atoms with Crippen molar-refractivity contribution in [1.29, 1.82) is 0 Å². The smallest absolute Gasteiger partial charge is 0.213 e. The zero-order valence-corrected chi connectivity index (χ0v) is 14.7. The molecule has 0 radical (unpaired) electrons. The lowest BCUT2D eigenvalue weighted by Crippen LogP contribution is -2.33. The molecule has 0 unspecified atom stereocenters. The molecule has 0 saturated heterocycles. The first-order chi connectivity index (χ1) is 12.3. The van der Waals surface area contributed by atoms with E-state index in [9.17, 15) is 0 Å². The summed E-state index contributed by atoms with van der Waals surface area (Å²) in [4.78, 5) is 1.24. The lowest BCUT2D eigenvalue weighted by Gasteiger charge is -2.38. The van der Waals surface area contributed by atoms with E-state index in [2.05, 4.69) is 71.9 Å². The SMILES string of the molecule is Cc1ccc([C@@H]2Oc3ccccc3[C@@H]3CC(c4cccs4)=NN32)cc1. The van der Waals surface area contributed by atoms with Gasteiger partial charge >= 0.3 is 0 Å². The van der Waals surface area contributed by atoms with E-state index in [4.69, 9.17) is 9.84 Å². The molecule has 0 saturated carbocycles. The van der Waals surface area contributed by atoms with E-state index in [1.165, 1.54) is 16.0 Å². The number of aryl methyl sites for hydroxylation is 1. The third-order valence-corrected chi connectivity index (χ3v) is 5.79. The second-order valence-corrected chi connectivity index (χ2v) is 7.49. The number of ether oxygens (including phenoxy) is 1. The molecular formula is C21H18N2OS. The van der Waals surface area contributed by atoms with Gasteiger partial charge in [0, 0.05) is 17.5 Å². The Hall–Kier alpha value is -2.59. The van der Waals surface area contributed by atoms with Crippen LogP contribution in [0, 0.1) is 6.92 Å². The molecule has 5 rings (SSSR count). The van der Waals surface area contributed by atoms with E-state index in [-0.39, 0.29) is 12.3 Å². The molecule has 2 atom stereocenters. The quantitative estimate of drug-likeness (QED) is 0.629. The van der Waals surface area contributed by atoms with E-state index in [1.807, 2.05) is 6.07 Å². The maximum absolute atomic E-state index is 6.36. The van der Waals surface area contributed by atoms with Crippen LogP contribution in [0.3, 0.4) is 0 Å². The Balaban J connectivity index is 1.60. The summed E-state index contributed by atoms with van der Waals surface area (Å²) < 4.78 is 6.36. The maximum Gasteiger partial charge on any atom is 0.213 e. The van der Waals surface area contributed by atoms with Crippen LogP contribution in [0.2, 0.25) is 0 Å². The number of hydrogen-bond donors (Lipinski definition) is 0. The highest BCUT2D eigenvalue weighted by Gasteiger charge is 2.40. The number of thiophene rings is 1. The summed E-state index contributed by atoms with van der Waals surface area (Å²) in [7, 11) is 0. The summed E-state index contributed by atoms with van der Waals surface area (Å²) in [5.41, 5.74) is 4.76. The van der Waals surface area contributed by atoms with Gasteiger partial charge in [0.25, 0.3) is 0 Å². The Kier molecular flexibility index (Phi) is 3.38. The minimum absolute atomic E-state index is 0.182. The Morgan fingerprint density at radius 3 is 2.68 bits per heavy atom. The second kappa shape index (κ2) is 5.74. The fourth-order valence-corrected chi connectivity index (χ4v) is 4.30. The number of para-hydroxylation sites is 1. The van der Waals surface area contributed by atoms with Crippen LogP contribution < -0.4 is 4.74 Å². The maximum atomic E-state index is 6.36. The number of hydrazone groups is 1. The van der Waals surface area contributed by atoms with Crippen molar-refractivity contribution in [2.24, 2.45) is 5.10 Å². The zero-order valence-electron chi connectivity index (χ0n) is 13.9. The molecule has 0 aliphatic carbocycles. The third kappa shape index (κ3) is 2.45. The monoisotopic (exact) mass is 346 g/mol. The molecule has 2 aromatic carbocycles. The number of nitrogens with zero attached hydrogens (tertiary/aromatic N) is 2. The van der Waals surface area contributed by atoms with Gasteiger partial charge in [-0.25, -0.2) is 5.01 Å². The summed E-state index contributed by atoms with van der Waals surface area (Å²) in [6.45, 7) is 2.10. The predicted molar refractivity (Wildman–Crippen MR) is 101 cm³/mol. The minimum atomic E-state index is -0.182. The molecule has 4 heteroatoms. The number of hydrogen-bond acceptors (Lipinski definition) is 4. The van der Waals surface area contributed by atoms with Crippen LogP contribution in [0.15, 0.2) is 71.1 Å². The molecule has 3 aromatic rings. The van der Waals surface area contributed by atoms with Crippen molar-refractivity contribution in [2.75, 3.05) is 0 Å². The minimum Gasteiger partial charge on any atom is -0.464 e. The largest absolute Gasteiger partial charge is 0.464 e. The molecule has 0 amide bonds. The Morgan fingerprint density at radius 2 is 1.88 bits per heavy atom. The highest BCUT2D eigenvalue weighted by atomic mass is 32.1. The predicted octanol–water partition coefficient (Wildman–Crippen LogP) is 5.30. The van der Waals surface area contributed by atoms with Crippen molar-refractivity contribution in [2.45, 2.75) is 25.6 Å². The molecule has 0 N–H and O–H groups in total. The molecule has 1 aromatic heterocycles. The highest BCUT2D eigenvalue weighted by molar-refractivity contribution is 7.12. The summed E-state index contributed by atoms with van der Waals surface area (Å²) in [5.74, 6) is 0.969. The van der Waals surface area contributed by atoms with Crippen LogP contribution in [0.1, 0.15) is 40.3 Å². The normalized spacial score (nSPS) is 21.3. The Bertz CT molecular complexity index is 931. The fraction of sp³-hybridized carbons (Fsp3) is 0.190. The van der Waals surface area contributed by atoms with Gasteiger partial charge in [-0.3, -0.25) is 0 Å². The molecule has 0 spiro atoms. The lowest BCUT2D eigenvalue weighted by molar-refractivity contribution is -0.0190. The number of fused-ring (bicyclic) bond motifs is 3. The standard InChI is InChI=1S/C21H18N2OS/c1-14-8-10-15(11-9-14)21-23-18(16-5-2-3-6-19(16)24-21)13-17(22-23)20-7-4-12-25-20/h2-12,18,21H,13H2,1H3/t18-,21-/m0/s1. The first-order valence-electron chi connectivity index (χ1n) is 8.51. The molecule has 25 heavy (non-hydrogen) atoms. The Labute approximate surface area is 151 Å². The van der Waals surface area contributed by atoms with Crippen LogP contribution in [-0.2, 0) is 0 Å². The van der Waals surface area contributed by atoms with Gasteiger partial charge in [0.05, 0.1) is 16.6 Å². The van der Waals surface area contributed by atoms with Gasteiger partial charge in [0.15, 0.2) is 0 Å². The van der Waals surface area contributed by atoms with E-state index in [1.54, 1.807) is 11.3 Å². The molecule has 2 aliphatic rings.